The normalized spacial score (nSPS) is 20.0. The summed E-state index contributed by atoms with van der Waals surface area (Å²) in [4.78, 5) is 0. The third-order valence-corrected chi connectivity index (χ3v) is 3.69. The number of hydrogen-bond acceptors (Lipinski definition) is 3. The molecule has 1 saturated heterocycles. The highest BCUT2D eigenvalue weighted by molar-refractivity contribution is 5.25. The molecule has 96 valence electrons. The number of hydrogen-bond donors (Lipinski definition) is 1. The summed E-state index contributed by atoms with van der Waals surface area (Å²) in [7, 11) is 0. The third kappa shape index (κ3) is 3.32. The number of rotatable bonds is 4. The minimum atomic E-state index is -0.0779. The second-order valence-corrected chi connectivity index (χ2v) is 5.15. The van der Waals surface area contributed by atoms with Crippen LogP contribution in [0.25, 0.3) is 0 Å². The molecule has 1 heterocycles. The fourth-order valence-corrected chi connectivity index (χ4v) is 2.27. The van der Waals surface area contributed by atoms with Crippen LogP contribution in [-0.4, -0.2) is 25.3 Å². The molecule has 3 heteroatoms. The Labute approximate surface area is 109 Å². The number of nitrogens with zero attached hydrogens (tertiary/aromatic N) is 1. The Morgan fingerprint density at radius 1 is 1.33 bits per heavy atom. The van der Waals surface area contributed by atoms with Crippen molar-refractivity contribution >= 4 is 0 Å². The van der Waals surface area contributed by atoms with Crippen LogP contribution < -0.4 is 5.32 Å². The van der Waals surface area contributed by atoms with Crippen molar-refractivity contribution in [2.24, 2.45) is 0 Å². The minimum Gasteiger partial charge on any atom is -0.381 e. The molecule has 18 heavy (non-hydrogen) atoms. The largest absolute Gasteiger partial charge is 0.381 e. The first-order valence-corrected chi connectivity index (χ1v) is 6.51. The minimum absolute atomic E-state index is 0.0779. The van der Waals surface area contributed by atoms with E-state index >= 15 is 0 Å². The fourth-order valence-electron chi connectivity index (χ4n) is 2.27. The summed E-state index contributed by atoms with van der Waals surface area (Å²) in [5, 5.41) is 12.8. The summed E-state index contributed by atoms with van der Waals surface area (Å²) < 4.78 is 5.38. The van der Waals surface area contributed by atoms with Crippen molar-refractivity contribution in [3.63, 3.8) is 0 Å². The molecule has 0 radical (unpaired) electrons. The lowest BCUT2D eigenvalue weighted by Crippen LogP contribution is -2.48. The van der Waals surface area contributed by atoms with Gasteiger partial charge in [-0.15, -0.1) is 0 Å². The smallest absolute Gasteiger partial charge is 0.0837 e. The maximum Gasteiger partial charge on any atom is 0.0837 e. The Morgan fingerprint density at radius 3 is 2.61 bits per heavy atom. The van der Waals surface area contributed by atoms with Gasteiger partial charge >= 0.3 is 0 Å². The van der Waals surface area contributed by atoms with Gasteiger partial charge in [-0.2, -0.15) is 5.26 Å². The van der Waals surface area contributed by atoms with Crippen molar-refractivity contribution in [1.82, 2.24) is 5.32 Å². The van der Waals surface area contributed by atoms with Gasteiger partial charge in [0.2, 0.25) is 0 Å². The molecule has 1 atom stereocenters. The Morgan fingerprint density at radius 2 is 2.00 bits per heavy atom. The molecule has 2 rings (SSSR count). The van der Waals surface area contributed by atoms with E-state index in [0.717, 1.165) is 31.6 Å². The van der Waals surface area contributed by atoms with E-state index in [0.29, 0.717) is 6.54 Å². The van der Waals surface area contributed by atoms with E-state index in [1.807, 2.05) is 30.3 Å². The summed E-state index contributed by atoms with van der Waals surface area (Å²) in [6.45, 7) is 4.55. The van der Waals surface area contributed by atoms with Gasteiger partial charge in [0.05, 0.1) is 12.0 Å². The molecule has 0 amide bonds. The summed E-state index contributed by atoms with van der Waals surface area (Å²) >= 11 is 0. The van der Waals surface area contributed by atoms with Gasteiger partial charge in [0, 0.05) is 25.3 Å². The van der Waals surface area contributed by atoms with E-state index in [9.17, 15) is 5.26 Å². The van der Waals surface area contributed by atoms with Crippen molar-refractivity contribution in [2.45, 2.75) is 31.2 Å². The van der Waals surface area contributed by atoms with Gasteiger partial charge in [-0.25, -0.2) is 0 Å². The quantitative estimate of drug-likeness (QED) is 0.885. The number of benzene rings is 1. The van der Waals surface area contributed by atoms with Crippen molar-refractivity contribution in [3.05, 3.63) is 35.9 Å². The molecule has 1 aromatic carbocycles. The molecule has 1 unspecified atom stereocenters. The Balaban J connectivity index is 1.94. The topological polar surface area (TPSA) is 45.0 Å². The standard InChI is InChI=1S/C15H20N2O/c1-15(7-9-18-10-8-15)17-12-14(11-16)13-5-3-2-4-6-13/h2-6,14,17H,7-10,12H2,1H3. The molecule has 1 N–H and O–H groups in total. The predicted octanol–water partition coefficient (Wildman–Crippen LogP) is 2.45. The van der Waals surface area contributed by atoms with Gasteiger partial charge < -0.3 is 10.1 Å². The first-order chi connectivity index (χ1) is 8.73. The van der Waals surface area contributed by atoms with Crippen LogP contribution in [0.1, 0.15) is 31.2 Å². The van der Waals surface area contributed by atoms with Crippen molar-refractivity contribution in [1.29, 1.82) is 5.26 Å². The molecule has 0 aliphatic carbocycles. The van der Waals surface area contributed by atoms with E-state index < -0.39 is 0 Å². The van der Waals surface area contributed by atoms with Crippen molar-refractivity contribution in [2.75, 3.05) is 19.8 Å². The molecule has 0 bridgehead atoms. The van der Waals surface area contributed by atoms with E-state index in [4.69, 9.17) is 4.74 Å². The maximum atomic E-state index is 9.28. The lowest BCUT2D eigenvalue weighted by atomic mass is 9.91. The molecule has 1 aliphatic heterocycles. The van der Waals surface area contributed by atoms with Crippen LogP contribution >= 0.6 is 0 Å². The summed E-state index contributed by atoms with van der Waals surface area (Å²) in [5.41, 5.74) is 1.20. The number of nitrogens with one attached hydrogen (secondary N) is 1. The molecule has 1 fully saturated rings. The zero-order chi connectivity index (χ0) is 12.8. The molecule has 1 aromatic rings. The zero-order valence-electron chi connectivity index (χ0n) is 10.9. The Hall–Kier alpha value is -1.37. The molecular formula is C15H20N2O. The second-order valence-electron chi connectivity index (χ2n) is 5.15. The lowest BCUT2D eigenvalue weighted by Gasteiger charge is -2.35. The van der Waals surface area contributed by atoms with Gasteiger partial charge in [-0.3, -0.25) is 0 Å². The highest BCUT2D eigenvalue weighted by Crippen LogP contribution is 2.21. The van der Waals surface area contributed by atoms with Crippen molar-refractivity contribution < 1.29 is 4.74 Å². The van der Waals surface area contributed by atoms with Gasteiger partial charge in [0.15, 0.2) is 0 Å². The van der Waals surface area contributed by atoms with Crippen molar-refractivity contribution in [3.8, 4) is 6.07 Å². The van der Waals surface area contributed by atoms with Gasteiger partial charge in [0.25, 0.3) is 0 Å². The molecule has 0 aromatic heterocycles. The summed E-state index contributed by atoms with van der Waals surface area (Å²) in [6, 6.07) is 12.4. The SMILES string of the molecule is CC1(NCC(C#N)c2ccccc2)CCOCC1. The number of nitriles is 1. The first-order valence-electron chi connectivity index (χ1n) is 6.51. The zero-order valence-corrected chi connectivity index (χ0v) is 10.9. The van der Waals surface area contributed by atoms with Crippen LogP contribution in [0.3, 0.4) is 0 Å². The van der Waals surface area contributed by atoms with Crippen LogP contribution in [0.2, 0.25) is 0 Å². The highest BCUT2D eigenvalue weighted by atomic mass is 16.5. The summed E-state index contributed by atoms with van der Waals surface area (Å²) in [6.07, 6.45) is 2.03. The van der Waals surface area contributed by atoms with E-state index in [1.165, 1.54) is 0 Å². The van der Waals surface area contributed by atoms with Crippen LogP contribution in [-0.2, 0) is 4.74 Å². The van der Waals surface area contributed by atoms with Gasteiger partial charge in [0.1, 0.15) is 0 Å². The third-order valence-electron chi connectivity index (χ3n) is 3.69. The van der Waals surface area contributed by atoms with Gasteiger partial charge in [-0.1, -0.05) is 30.3 Å². The predicted molar refractivity (Wildman–Crippen MR) is 71.3 cm³/mol. The fraction of sp³-hybridized carbons (Fsp3) is 0.533. The van der Waals surface area contributed by atoms with E-state index in [1.54, 1.807) is 0 Å². The van der Waals surface area contributed by atoms with Crippen LogP contribution in [0, 0.1) is 11.3 Å². The average Bonchev–Trinajstić information content (AvgIpc) is 2.41. The van der Waals surface area contributed by atoms with Gasteiger partial charge in [-0.05, 0) is 25.3 Å². The molecule has 3 nitrogen and oxygen atoms in total. The van der Waals surface area contributed by atoms with E-state index in [-0.39, 0.29) is 11.5 Å². The second kappa shape index (κ2) is 5.99. The van der Waals surface area contributed by atoms with Crippen LogP contribution in [0.5, 0.6) is 0 Å². The first kappa shape index (κ1) is 13.1. The van der Waals surface area contributed by atoms with Crippen LogP contribution in [0.4, 0.5) is 0 Å². The summed E-state index contributed by atoms with van der Waals surface area (Å²) in [5.74, 6) is -0.0779. The number of ether oxygens (including phenoxy) is 1. The Bertz CT molecular complexity index is 404. The molecule has 0 saturated carbocycles. The average molecular weight is 244 g/mol. The highest BCUT2D eigenvalue weighted by Gasteiger charge is 2.27. The lowest BCUT2D eigenvalue weighted by molar-refractivity contribution is 0.0452. The van der Waals surface area contributed by atoms with Crippen LogP contribution in [0.15, 0.2) is 30.3 Å². The monoisotopic (exact) mass is 244 g/mol. The van der Waals surface area contributed by atoms with E-state index in [2.05, 4.69) is 18.3 Å². The molecule has 0 spiro atoms. The maximum absolute atomic E-state index is 9.28. The molecular weight excluding hydrogens is 224 g/mol. The Kier molecular flexibility index (Phi) is 4.35. The molecule has 1 aliphatic rings.